The molecule has 0 unspecified atom stereocenters. The summed E-state index contributed by atoms with van der Waals surface area (Å²) in [5, 5.41) is 4.41. The van der Waals surface area contributed by atoms with Crippen LogP contribution in [0.1, 0.15) is 11.1 Å². The first-order valence-corrected chi connectivity index (χ1v) is 9.11. The highest BCUT2D eigenvalue weighted by Crippen LogP contribution is 2.25. The molecule has 0 aliphatic heterocycles. The number of ether oxygens (including phenoxy) is 2. The number of methoxy groups -OCH3 is 2. The van der Waals surface area contributed by atoms with Gasteiger partial charge in [0, 0.05) is 17.2 Å². The van der Waals surface area contributed by atoms with Crippen molar-refractivity contribution in [1.82, 2.24) is 14.6 Å². The molecule has 0 spiro atoms. The van der Waals surface area contributed by atoms with Gasteiger partial charge in [0.05, 0.1) is 18.8 Å². The van der Waals surface area contributed by atoms with E-state index in [0.717, 1.165) is 16.7 Å². The van der Waals surface area contributed by atoms with Gasteiger partial charge in [-0.05, 0) is 30.7 Å². The van der Waals surface area contributed by atoms with E-state index < -0.39 is 0 Å². The van der Waals surface area contributed by atoms with Gasteiger partial charge < -0.3 is 9.47 Å². The summed E-state index contributed by atoms with van der Waals surface area (Å²) in [7, 11) is 3.18. The Bertz CT molecular complexity index is 1240. The molecule has 0 saturated carbocycles. The predicted molar refractivity (Wildman–Crippen MR) is 106 cm³/mol. The topological polar surface area (TPSA) is 65.7 Å². The third-order valence-electron chi connectivity index (χ3n) is 4.30. The van der Waals surface area contributed by atoms with Crippen LogP contribution in [0.25, 0.3) is 22.4 Å². The van der Waals surface area contributed by atoms with Crippen LogP contribution < -0.4 is 19.6 Å². The van der Waals surface area contributed by atoms with Crippen LogP contribution in [0.5, 0.6) is 11.5 Å². The number of aromatic nitrogens is 3. The van der Waals surface area contributed by atoms with Crippen LogP contribution in [0.3, 0.4) is 0 Å². The quantitative estimate of drug-likeness (QED) is 0.545. The molecule has 0 radical (unpaired) electrons. The normalized spacial score (nSPS) is 11.9. The molecule has 0 fully saturated rings. The zero-order valence-corrected chi connectivity index (χ0v) is 15.9. The second kappa shape index (κ2) is 6.85. The number of nitrogens with zero attached hydrogens (tertiary/aromatic N) is 3. The molecule has 6 nitrogen and oxygen atoms in total. The van der Waals surface area contributed by atoms with Gasteiger partial charge in [0.15, 0.2) is 5.82 Å². The maximum Gasteiger partial charge on any atom is 0.291 e. The summed E-state index contributed by atoms with van der Waals surface area (Å²) in [4.78, 5) is 17.9. The van der Waals surface area contributed by atoms with E-state index in [1.807, 2.05) is 43.3 Å². The first-order valence-electron chi connectivity index (χ1n) is 8.30. The van der Waals surface area contributed by atoms with E-state index in [4.69, 9.17) is 9.47 Å². The Balaban J connectivity index is 1.82. The van der Waals surface area contributed by atoms with E-state index in [1.165, 1.54) is 15.9 Å². The molecule has 0 saturated heterocycles. The summed E-state index contributed by atoms with van der Waals surface area (Å²) in [6.45, 7) is 2.00. The molecule has 2 aromatic carbocycles. The van der Waals surface area contributed by atoms with E-state index in [9.17, 15) is 4.79 Å². The van der Waals surface area contributed by atoms with Crippen molar-refractivity contribution in [1.29, 1.82) is 0 Å². The standard InChI is InChI=1S/C20H17N3O3S/c1-12-6-4-5-7-15(12)18-21-20-23(22-18)19(24)17(27-20)10-13-8-9-14(25-2)11-16(13)26-3/h4-11H,1-3H3. The fraction of sp³-hybridized carbons (Fsp3) is 0.150. The van der Waals surface area contributed by atoms with Crippen molar-refractivity contribution in [3.05, 3.63) is 68.5 Å². The Morgan fingerprint density at radius 2 is 1.93 bits per heavy atom. The van der Waals surface area contributed by atoms with E-state index >= 15 is 0 Å². The van der Waals surface area contributed by atoms with Crippen LogP contribution in [-0.4, -0.2) is 28.8 Å². The minimum absolute atomic E-state index is 0.194. The highest BCUT2D eigenvalue weighted by Gasteiger charge is 2.13. The van der Waals surface area contributed by atoms with Crippen LogP contribution in [0.15, 0.2) is 47.3 Å². The fourth-order valence-corrected chi connectivity index (χ4v) is 3.75. The Hall–Kier alpha value is -3.19. The predicted octanol–water partition coefficient (Wildman–Crippen LogP) is 2.69. The molecular formula is C20H17N3O3S. The summed E-state index contributed by atoms with van der Waals surface area (Å²) < 4.78 is 12.5. The lowest BCUT2D eigenvalue weighted by atomic mass is 10.1. The van der Waals surface area contributed by atoms with Gasteiger partial charge in [0.1, 0.15) is 11.5 Å². The molecule has 0 aliphatic carbocycles. The molecule has 7 heteroatoms. The minimum atomic E-state index is -0.194. The van der Waals surface area contributed by atoms with Crippen molar-refractivity contribution in [2.24, 2.45) is 0 Å². The van der Waals surface area contributed by atoms with Crippen molar-refractivity contribution < 1.29 is 9.47 Å². The van der Waals surface area contributed by atoms with E-state index in [2.05, 4.69) is 10.1 Å². The molecule has 0 bridgehead atoms. The largest absolute Gasteiger partial charge is 0.497 e. The first-order chi connectivity index (χ1) is 13.1. The van der Waals surface area contributed by atoms with Gasteiger partial charge in [-0.25, -0.2) is 0 Å². The number of fused-ring (bicyclic) bond motifs is 1. The smallest absolute Gasteiger partial charge is 0.291 e. The summed E-state index contributed by atoms with van der Waals surface area (Å²) in [6, 6.07) is 13.3. The number of aryl methyl sites for hydroxylation is 1. The first kappa shape index (κ1) is 17.2. The SMILES string of the molecule is COc1ccc(C=c2sc3nc(-c4ccccc4C)nn3c2=O)c(OC)c1. The van der Waals surface area contributed by atoms with Gasteiger partial charge in [0.2, 0.25) is 4.96 Å². The van der Waals surface area contributed by atoms with Crippen molar-refractivity contribution in [3.63, 3.8) is 0 Å². The second-order valence-corrected chi connectivity index (χ2v) is 6.98. The summed E-state index contributed by atoms with van der Waals surface area (Å²) in [6.07, 6.45) is 1.79. The van der Waals surface area contributed by atoms with E-state index in [-0.39, 0.29) is 5.56 Å². The Kier molecular flexibility index (Phi) is 4.37. The lowest BCUT2D eigenvalue weighted by Crippen LogP contribution is -2.23. The van der Waals surface area contributed by atoms with Crippen LogP contribution in [0.2, 0.25) is 0 Å². The molecule has 0 aliphatic rings. The van der Waals surface area contributed by atoms with Crippen LogP contribution in [0.4, 0.5) is 0 Å². The average molecular weight is 379 g/mol. The van der Waals surface area contributed by atoms with Crippen molar-refractivity contribution in [2.75, 3.05) is 14.2 Å². The molecule has 2 aromatic heterocycles. The zero-order valence-electron chi connectivity index (χ0n) is 15.1. The molecule has 4 aromatic rings. The molecule has 2 heterocycles. The van der Waals surface area contributed by atoms with Gasteiger partial charge in [-0.2, -0.15) is 9.50 Å². The summed E-state index contributed by atoms with van der Waals surface area (Å²) >= 11 is 1.30. The van der Waals surface area contributed by atoms with Gasteiger partial charge in [0.25, 0.3) is 5.56 Å². The lowest BCUT2D eigenvalue weighted by Gasteiger charge is -2.06. The van der Waals surface area contributed by atoms with Crippen molar-refractivity contribution in [2.45, 2.75) is 6.92 Å². The molecular weight excluding hydrogens is 362 g/mol. The molecule has 0 N–H and O–H groups in total. The third-order valence-corrected chi connectivity index (χ3v) is 5.25. The molecule has 27 heavy (non-hydrogen) atoms. The van der Waals surface area contributed by atoms with Crippen molar-refractivity contribution in [3.8, 4) is 22.9 Å². The molecule has 136 valence electrons. The summed E-state index contributed by atoms with van der Waals surface area (Å²) in [5.74, 6) is 1.88. The van der Waals surface area contributed by atoms with Crippen LogP contribution >= 0.6 is 11.3 Å². The number of hydrogen-bond acceptors (Lipinski definition) is 6. The Morgan fingerprint density at radius 3 is 2.63 bits per heavy atom. The molecule has 0 amide bonds. The highest BCUT2D eigenvalue weighted by molar-refractivity contribution is 7.15. The van der Waals surface area contributed by atoms with E-state index in [1.54, 1.807) is 26.4 Å². The minimum Gasteiger partial charge on any atom is -0.497 e. The zero-order chi connectivity index (χ0) is 19.0. The monoisotopic (exact) mass is 379 g/mol. The number of hydrogen-bond donors (Lipinski definition) is 0. The molecule has 0 atom stereocenters. The maximum absolute atomic E-state index is 12.8. The number of thiazole rings is 1. The lowest BCUT2D eigenvalue weighted by molar-refractivity contribution is 0.393. The maximum atomic E-state index is 12.8. The number of rotatable bonds is 4. The highest BCUT2D eigenvalue weighted by atomic mass is 32.1. The molecule has 4 rings (SSSR count). The average Bonchev–Trinajstić information content (AvgIpc) is 3.22. The second-order valence-electron chi connectivity index (χ2n) is 5.97. The van der Waals surface area contributed by atoms with Gasteiger partial charge in [-0.3, -0.25) is 4.79 Å². The Labute approximate surface area is 159 Å². The van der Waals surface area contributed by atoms with Crippen molar-refractivity contribution >= 4 is 22.4 Å². The summed E-state index contributed by atoms with van der Waals surface area (Å²) in [5.41, 5.74) is 2.59. The van der Waals surface area contributed by atoms with Gasteiger partial charge >= 0.3 is 0 Å². The van der Waals surface area contributed by atoms with Gasteiger partial charge in [-0.1, -0.05) is 35.6 Å². The van der Waals surface area contributed by atoms with Gasteiger partial charge in [-0.15, -0.1) is 5.10 Å². The fourth-order valence-electron chi connectivity index (χ4n) is 2.85. The van der Waals surface area contributed by atoms with Crippen LogP contribution in [-0.2, 0) is 0 Å². The Morgan fingerprint density at radius 1 is 1.11 bits per heavy atom. The van der Waals surface area contributed by atoms with E-state index in [0.29, 0.717) is 26.8 Å². The van der Waals surface area contributed by atoms with Crippen LogP contribution in [0, 0.1) is 6.92 Å². The number of benzene rings is 2. The third kappa shape index (κ3) is 3.06.